The van der Waals surface area contributed by atoms with E-state index in [4.69, 9.17) is 9.15 Å². The van der Waals surface area contributed by atoms with Crippen LogP contribution in [0, 0.1) is 12.8 Å². The second-order valence-electron chi connectivity index (χ2n) is 5.24. The van der Waals surface area contributed by atoms with Crippen LogP contribution in [0.25, 0.3) is 11.0 Å². The van der Waals surface area contributed by atoms with Gasteiger partial charge in [0, 0.05) is 12.0 Å². The monoisotopic (exact) mass is 246 g/mol. The molecule has 1 aliphatic heterocycles. The van der Waals surface area contributed by atoms with Crippen molar-refractivity contribution in [3.63, 3.8) is 0 Å². The SMILES string of the molecule is Cc1ccc2oc(C(O)C3OCCC3C)cc2c1. The van der Waals surface area contributed by atoms with Crippen molar-refractivity contribution in [1.29, 1.82) is 0 Å². The van der Waals surface area contributed by atoms with Crippen LogP contribution in [0.5, 0.6) is 0 Å². The molecule has 0 aliphatic carbocycles. The summed E-state index contributed by atoms with van der Waals surface area (Å²) in [6.07, 6.45) is 0.183. The van der Waals surface area contributed by atoms with Crippen molar-refractivity contribution in [3.8, 4) is 0 Å². The molecule has 0 radical (unpaired) electrons. The Balaban J connectivity index is 1.93. The molecule has 1 saturated heterocycles. The summed E-state index contributed by atoms with van der Waals surface area (Å²) < 4.78 is 11.3. The van der Waals surface area contributed by atoms with E-state index in [9.17, 15) is 5.11 Å². The number of benzene rings is 1. The summed E-state index contributed by atoms with van der Waals surface area (Å²) in [5.41, 5.74) is 2.01. The van der Waals surface area contributed by atoms with Gasteiger partial charge in [0.15, 0.2) is 0 Å². The zero-order valence-electron chi connectivity index (χ0n) is 10.7. The fraction of sp³-hybridized carbons (Fsp3) is 0.467. The van der Waals surface area contributed by atoms with Gasteiger partial charge in [-0.1, -0.05) is 18.6 Å². The smallest absolute Gasteiger partial charge is 0.138 e. The van der Waals surface area contributed by atoms with E-state index in [0.29, 0.717) is 11.7 Å². The molecule has 2 heterocycles. The van der Waals surface area contributed by atoms with Crippen molar-refractivity contribution in [2.75, 3.05) is 6.61 Å². The van der Waals surface area contributed by atoms with Gasteiger partial charge in [0.2, 0.25) is 0 Å². The lowest BCUT2D eigenvalue weighted by atomic mass is 9.98. The van der Waals surface area contributed by atoms with Crippen LogP contribution in [0.15, 0.2) is 28.7 Å². The number of rotatable bonds is 2. The number of aryl methyl sites for hydroxylation is 1. The molecule has 3 rings (SSSR count). The summed E-state index contributed by atoms with van der Waals surface area (Å²) in [6.45, 7) is 4.88. The maximum absolute atomic E-state index is 10.3. The van der Waals surface area contributed by atoms with Gasteiger partial charge in [-0.05, 0) is 37.5 Å². The highest BCUT2D eigenvalue weighted by molar-refractivity contribution is 5.78. The van der Waals surface area contributed by atoms with Crippen molar-refractivity contribution in [3.05, 3.63) is 35.6 Å². The molecule has 1 fully saturated rings. The highest BCUT2D eigenvalue weighted by Crippen LogP contribution is 2.33. The zero-order valence-corrected chi connectivity index (χ0v) is 10.7. The van der Waals surface area contributed by atoms with E-state index in [0.717, 1.165) is 24.0 Å². The Labute approximate surface area is 106 Å². The van der Waals surface area contributed by atoms with Crippen LogP contribution in [0.3, 0.4) is 0 Å². The van der Waals surface area contributed by atoms with Gasteiger partial charge >= 0.3 is 0 Å². The minimum absolute atomic E-state index is 0.147. The second-order valence-corrected chi connectivity index (χ2v) is 5.24. The molecule has 1 N–H and O–H groups in total. The summed E-state index contributed by atoms with van der Waals surface area (Å²) in [5, 5.41) is 11.4. The molecule has 0 bridgehead atoms. The minimum Gasteiger partial charge on any atom is -0.458 e. The lowest BCUT2D eigenvalue weighted by Crippen LogP contribution is -2.22. The fourth-order valence-electron chi connectivity index (χ4n) is 2.61. The summed E-state index contributed by atoms with van der Waals surface area (Å²) in [5.74, 6) is 0.976. The number of hydrogen-bond donors (Lipinski definition) is 1. The van der Waals surface area contributed by atoms with E-state index in [1.165, 1.54) is 5.56 Å². The average Bonchev–Trinajstić information content (AvgIpc) is 2.93. The van der Waals surface area contributed by atoms with Gasteiger partial charge in [-0.2, -0.15) is 0 Å². The van der Waals surface area contributed by atoms with E-state index in [-0.39, 0.29) is 6.10 Å². The molecule has 0 spiro atoms. The van der Waals surface area contributed by atoms with Crippen molar-refractivity contribution >= 4 is 11.0 Å². The standard InChI is InChI=1S/C15H18O3/c1-9-3-4-12-11(7-9)8-13(18-12)14(16)15-10(2)5-6-17-15/h3-4,7-8,10,14-16H,5-6H2,1-2H3. The Morgan fingerprint density at radius 2 is 2.17 bits per heavy atom. The van der Waals surface area contributed by atoms with Crippen LogP contribution < -0.4 is 0 Å². The molecule has 2 aromatic rings. The Morgan fingerprint density at radius 3 is 2.89 bits per heavy atom. The molecule has 18 heavy (non-hydrogen) atoms. The third kappa shape index (κ3) is 1.93. The Bertz CT molecular complexity index is 558. The van der Waals surface area contributed by atoms with Crippen LogP contribution in [0.4, 0.5) is 0 Å². The third-order valence-electron chi connectivity index (χ3n) is 3.74. The lowest BCUT2D eigenvalue weighted by molar-refractivity contribution is -0.0270. The highest BCUT2D eigenvalue weighted by atomic mass is 16.5. The van der Waals surface area contributed by atoms with Crippen molar-refractivity contribution in [1.82, 2.24) is 0 Å². The van der Waals surface area contributed by atoms with Gasteiger partial charge < -0.3 is 14.3 Å². The van der Waals surface area contributed by atoms with Crippen LogP contribution in [-0.2, 0) is 4.74 Å². The van der Waals surface area contributed by atoms with Gasteiger partial charge in [0.05, 0.1) is 6.10 Å². The van der Waals surface area contributed by atoms with Gasteiger partial charge in [-0.25, -0.2) is 0 Å². The maximum Gasteiger partial charge on any atom is 0.138 e. The van der Waals surface area contributed by atoms with Gasteiger partial charge in [0.1, 0.15) is 17.4 Å². The predicted molar refractivity (Wildman–Crippen MR) is 69.4 cm³/mol. The molecular weight excluding hydrogens is 228 g/mol. The van der Waals surface area contributed by atoms with E-state index in [1.807, 2.05) is 25.1 Å². The Hall–Kier alpha value is -1.32. The number of aliphatic hydroxyl groups excluding tert-OH is 1. The Kier molecular flexibility index (Phi) is 2.88. The number of fused-ring (bicyclic) bond motifs is 1. The summed E-state index contributed by atoms with van der Waals surface area (Å²) in [7, 11) is 0. The van der Waals surface area contributed by atoms with E-state index in [1.54, 1.807) is 0 Å². The molecule has 96 valence electrons. The normalized spacial score (nSPS) is 25.7. The first kappa shape index (κ1) is 11.8. The number of hydrogen-bond acceptors (Lipinski definition) is 3. The fourth-order valence-corrected chi connectivity index (χ4v) is 2.61. The molecule has 1 aromatic heterocycles. The second kappa shape index (κ2) is 4.41. The van der Waals surface area contributed by atoms with Crippen molar-refractivity contribution in [2.24, 2.45) is 5.92 Å². The van der Waals surface area contributed by atoms with E-state index < -0.39 is 6.10 Å². The van der Waals surface area contributed by atoms with Crippen LogP contribution in [0.1, 0.15) is 30.8 Å². The third-order valence-corrected chi connectivity index (χ3v) is 3.74. The largest absolute Gasteiger partial charge is 0.458 e. The van der Waals surface area contributed by atoms with Crippen LogP contribution in [0.2, 0.25) is 0 Å². The first-order valence-electron chi connectivity index (χ1n) is 6.45. The van der Waals surface area contributed by atoms with Crippen LogP contribution >= 0.6 is 0 Å². The highest BCUT2D eigenvalue weighted by Gasteiger charge is 2.33. The van der Waals surface area contributed by atoms with Gasteiger partial charge in [-0.15, -0.1) is 0 Å². The number of aliphatic hydroxyl groups is 1. The average molecular weight is 246 g/mol. The summed E-state index contributed by atoms with van der Waals surface area (Å²) in [6, 6.07) is 7.94. The molecule has 0 saturated carbocycles. The first-order chi connectivity index (χ1) is 8.65. The van der Waals surface area contributed by atoms with E-state index in [2.05, 4.69) is 13.0 Å². The number of furan rings is 1. The first-order valence-corrected chi connectivity index (χ1v) is 6.45. The lowest BCUT2D eigenvalue weighted by Gasteiger charge is -2.19. The molecule has 1 aromatic carbocycles. The maximum atomic E-state index is 10.3. The predicted octanol–water partition coefficient (Wildman–Crippen LogP) is 3.20. The molecule has 0 amide bonds. The van der Waals surface area contributed by atoms with Crippen molar-refractivity contribution < 1.29 is 14.3 Å². The Morgan fingerprint density at radius 1 is 1.33 bits per heavy atom. The van der Waals surface area contributed by atoms with Gasteiger partial charge in [-0.3, -0.25) is 0 Å². The van der Waals surface area contributed by atoms with Crippen LogP contribution in [-0.4, -0.2) is 17.8 Å². The number of ether oxygens (including phenoxy) is 1. The molecule has 3 nitrogen and oxygen atoms in total. The quantitative estimate of drug-likeness (QED) is 0.884. The molecule has 3 heteroatoms. The molecule has 3 atom stereocenters. The van der Waals surface area contributed by atoms with E-state index >= 15 is 0 Å². The van der Waals surface area contributed by atoms with Crippen molar-refractivity contribution in [2.45, 2.75) is 32.5 Å². The zero-order chi connectivity index (χ0) is 12.7. The van der Waals surface area contributed by atoms with Gasteiger partial charge in [0.25, 0.3) is 0 Å². The molecular formula is C15H18O3. The topological polar surface area (TPSA) is 42.6 Å². The summed E-state index contributed by atoms with van der Waals surface area (Å²) in [4.78, 5) is 0. The minimum atomic E-state index is -0.671. The molecule has 3 unspecified atom stereocenters. The summed E-state index contributed by atoms with van der Waals surface area (Å²) >= 11 is 0. The molecule has 1 aliphatic rings.